The average Bonchev–Trinajstić information content (AvgIpc) is 3.04. The van der Waals surface area contributed by atoms with Gasteiger partial charge in [-0.25, -0.2) is 0 Å². The van der Waals surface area contributed by atoms with Crippen molar-refractivity contribution in [2.45, 2.75) is 44.7 Å². The van der Waals surface area contributed by atoms with Gasteiger partial charge in [0.25, 0.3) is 5.91 Å². The number of aromatic nitrogens is 1. The van der Waals surface area contributed by atoms with E-state index in [0.717, 1.165) is 5.39 Å². The van der Waals surface area contributed by atoms with Gasteiger partial charge >= 0.3 is 0 Å². The fourth-order valence-electron chi connectivity index (χ4n) is 4.86. The first-order chi connectivity index (χ1) is 13.9. The van der Waals surface area contributed by atoms with Crippen LogP contribution in [0.15, 0.2) is 36.5 Å². The van der Waals surface area contributed by atoms with Crippen molar-refractivity contribution in [1.82, 2.24) is 20.1 Å². The molecule has 3 amide bonds. The molecular weight excluding hydrogens is 368 g/mol. The molecule has 2 saturated heterocycles. The summed E-state index contributed by atoms with van der Waals surface area (Å²) in [4.78, 5) is 45.3. The van der Waals surface area contributed by atoms with E-state index in [-0.39, 0.29) is 29.3 Å². The highest BCUT2D eigenvalue weighted by Gasteiger charge is 2.50. The molecule has 0 radical (unpaired) electrons. The van der Waals surface area contributed by atoms with Gasteiger partial charge in [0.2, 0.25) is 11.8 Å². The lowest BCUT2D eigenvalue weighted by Gasteiger charge is -2.44. The highest BCUT2D eigenvalue weighted by Crippen LogP contribution is 2.40. The monoisotopic (exact) mass is 394 g/mol. The number of carbonyl (C=O) groups excluding carboxylic acids is 3. The van der Waals surface area contributed by atoms with Crippen molar-refractivity contribution in [3.05, 3.63) is 42.1 Å². The zero-order valence-electron chi connectivity index (χ0n) is 16.9. The fourth-order valence-corrected chi connectivity index (χ4v) is 4.86. The summed E-state index contributed by atoms with van der Waals surface area (Å²) in [6, 6.07) is 9.38. The van der Waals surface area contributed by atoms with Gasteiger partial charge in [-0.05, 0) is 31.4 Å². The number of pyridine rings is 1. The maximum atomic E-state index is 13.7. The van der Waals surface area contributed by atoms with Crippen LogP contribution in [0.25, 0.3) is 10.9 Å². The topological polar surface area (TPSA) is 82.6 Å². The van der Waals surface area contributed by atoms with E-state index in [2.05, 4.69) is 10.3 Å². The largest absolute Gasteiger partial charge is 0.352 e. The first-order valence-corrected chi connectivity index (χ1v) is 10.1. The van der Waals surface area contributed by atoms with Crippen molar-refractivity contribution < 1.29 is 14.4 Å². The summed E-state index contributed by atoms with van der Waals surface area (Å²) >= 11 is 0. The predicted molar refractivity (Wildman–Crippen MR) is 109 cm³/mol. The summed E-state index contributed by atoms with van der Waals surface area (Å²) in [7, 11) is 0. The molecule has 2 aromatic rings. The Hall–Kier alpha value is -2.96. The lowest BCUT2D eigenvalue weighted by atomic mass is 9.83. The van der Waals surface area contributed by atoms with E-state index in [1.807, 2.05) is 40.1 Å². The summed E-state index contributed by atoms with van der Waals surface area (Å²) in [5.41, 5.74) is 0.923. The minimum Gasteiger partial charge on any atom is -0.352 e. The molecule has 0 saturated carbocycles. The molecule has 2 fully saturated rings. The van der Waals surface area contributed by atoms with E-state index < -0.39 is 0 Å². The smallest absolute Gasteiger partial charge is 0.256 e. The van der Waals surface area contributed by atoms with Crippen LogP contribution in [0, 0.1) is 0 Å². The first-order valence-electron chi connectivity index (χ1n) is 10.1. The Kier molecular flexibility index (Phi) is 4.98. The van der Waals surface area contributed by atoms with E-state index in [9.17, 15) is 14.4 Å². The molecule has 3 heterocycles. The molecule has 2 aliphatic rings. The average molecular weight is 394 g/mol. The van der Waals surface area contributed by atoms with E-state index in [4.69, 9.17) is 0 Å². The number of nitrogens with zero attached hydrogens (tertiary/aromatic N) is 3. The lowest BCUT2D eigenvalue weighted by Crippen LogP contribution is -2.54. The molecular formula is C22H26N4O3. The molecule has 2 aliphatic heterocycles. The third-order valence-electron chi connectivity index (χ3n) is 6.26. The predicted octanol–water partition coefficient (Wildman–Crippen LogP) is 1.97. The fraction of sp³-hybridized carbons (Fsp3) is 0.455. The van der Waals surface area contributed by atoms with Gasteiger partial charge in [-0.15, -0.1) is 0 Å². The van der Waals surface area contributed by atoms with Crippen LogP contribution in [-0.4, -0.2) is 63.7 Å². The maximum Gasteiger partial charge on any atom is 0.256 e. The second-order valence-corrected chi connectivity index (χ2v) is 8.13. The van der Waals surface area contributed by atoms with Gasteiger partial charge in [0.1, 0.15) is 0 Å². The van der Waals surface area contributed by atoms with Crippen LogP contribution < -0.4 is 5.32 Å². The number of nitrogens with one attached hydrogen (secondary N) is 1. The Morgan fingerprint density at radius 1 is 1.10 bits per heavy atom. The quantitative estimate of drug-likeness (QED) is 0.844. The van der Waals surface area contributed by atoms with Crippen LogP contribution in [0.2, 0.25) is 0 Å². The van der Waals surface area contributed by atoms with Crippen molar-refractivity contribution >= 4 is 28.6 Å². The number of amides is 3. The Balaban J connectivity index is 1.68. The normalized spacial score (nSPS) is 20.8. The second kappa shape index (κ2) is 7.46. The number of para-hydroxylation sites is 1. The number of likely N-dealkylation sites (tertiary alicyclic amines) is 2. The molecule has 29 heavy (non-hydrogen) atoms. The summed E-state index contributed by atoms with van der Waals surface area (Å²) in [6.07, 6.45) is 3.84. The van der Waals surface area contributed by atoms with E-state index in [1.165, 1.54) is 6.92 Å². The van der Waals surface area contributed by atoms with Crippen molar-refractivity contribution in [2.75, 3.05) is 19.6 Å². The molecule has 0 unspecified atom stereocenters. The zero-order valence-corrected chi connectivity index (χ0v) is 16.9. The highest BCUT2D eigenvalue weighted by molar-refractivity contribution is 6.05. The molecule has 7 heteroatoms. The van der Waals surface area contributed by atoms with E-state index in [1.54, 1.807) is 13.1 Å². The molecule has 4 rings (SSSR count). The molecule has 1 aromatic heterocycles. The van der Waals surface area contributed by atoms with Gasteiger partial charge in [0, 0.05) is 56.6 Å². The van der Waals surface area contributed by atoms with Gasteiger partial charge in [-0.1, -0.05) is 18.2 Å². The van der Waals surface area contributed by atoms with Gasteiger partial charge in [-0.3, -0.25) is 19.4 Å². The van der Waals surface area contributed by atoms with Crippen LogP contribution in [0.4, 0.5) is 0 Å². The highest BCUT2D eigenvalue weighted by atomic mass is 16.2. The SMILES string of the molecule is CC(=O)N[C@@H]1CN(C(=O)c2cccc3cccnc23)C2(CCN(C(C)=O)CC2)C1. The minimum absolute atomic E-state index is 0.0570. The zero-order chi connectivity index (χ0) is 20.6. The number of carbonyl (C=O) groups is 3. The molecule has 1 spiro atoms. The maximum absolute atomic E-state index is 13.7. The number of hydrogen-bond acceptors (Lipinski definition) is 4. The number of fused-ring (bicyclic) bond motifs is 1. The summed E-state index contributed by atoms with van der Waals surface area (Å²) in [5.74, 6) is -0.0849. The van der Waals surface area contributed by atoms with Crippen molar-refractivity contribution in [2.24, 2.45) is 0 Å². The number of hydrogen-bond donors (Lipinski definition) is 1. The van der Waals surface area contributed by atoms with Crippen LogP contribution >= 0.6 is 0 Å². The Morgan fingerprint density at radius 3 is 2.52 bits per heavy atom. The van der Waals surface area contributed by atoms with E-state index in [0.29, 0.717) is 50.0 Å². The number of piperidine rings is 1. The molecule has 1 aromatic carbocycles. The van der Waals surface area contributed by atoms with Gasteiger partial charge in [-0.2, -0.15) is 0 Å². The van der Waals surface area contributed by atoms with E-state index >= 15 is 0 Å². The lowest BCUT2D eigenvalue weighted by molar-refractivity contribution is -0.131. The van der Waals surface area contributed by atoms with Crippen molar-refractivity contribution in [3.63, 3.8) is 0 Å². The standard InChI is InChI=1S/C22H26N4O3/c1-15(27)24-18-13-22(8-11-25(12-9-22)16(2)28)26(14-18)21(29)19-7-3-5-17-6-4-10-23-20(17)19/h3-7,10,18H,8-9,11-14H2,1-2H3,(H,24,27)/t18-/m0/s1. The van der Waals surface area contributed by atoms with Gasteiger partial charge in [0.05, 0.1) is 11.1 Å². The molecule has 1 N–H and O–H groups in total. The van der Waals surface area contributed by atoms with Crippen LogP contribution in [0.1, 0.15) is 43.5 Å². The molecule has 1 atom stereocenters. The minimum atomic E-state index is -0.354. The Bertz CT molecular complexity index is 960. The Labute approximate surface area is 170 Å². The van der Waals surface area contributed by atoms with Gasteiger partial charge < -0.3 is 15.1 Å². The number of rotatable bonds is 2. The first kappa shape index (κ1) is 19.4. The third kappa shape index (κ3) is 3.57. The summed E-state index contributed by atoms with van der Waals surface area (Å²) < 4.78 is 0. The van der Waals surface area contributed by atoms with Crippen LogP contribution in [0.5, 0.6) is 0 Å². The second-order valence-electron chi connectivity index (χ2n) is 8.13. The van der Waals surface area contributed by atoms with Crippen molar-refractivity contribution in [3.8, 4) is 0 Å². The third-order valence-corrected chi connectivity index (χ3v) is 6.26. The van der Waals surface area contributed by atoms with Crippen molar-refractivity contribution in [1.29, 1.82) is 0 Å². The molecule has 0 bridgehead atoms. The Morgan fingerprint density at radius 2 is 1.83 bits per heavy atom. The molecule has 7 nitrogen and oxygen atoms in total. The summed E-state index contributed by atoms with van der Waals surface area (Å²) in [6.45, 7) is 4.81. The van der Waals surface area contributed by atoms with Gasteiger partial charge in [0.15, 0.2) is 0 Å². The summed E-state index contributed by atoms with van der Waals surface area (Å²) in [5, 5.41) is 3.92. The van der Waals surface area contributed by atoms with Crippen LogP contribution in [-0.2, 0) is 9.59 Å². The molecule has 0 aliphatic carbocycles. The molecule has 152 valence electrons. The van der Waals surface area contributed by atoms with Crippen LogP contribution in [0.3, 0.4) is 0 Å². The number of benzene rings is 1.